The minimum atomic E-state index is 0.0771. The van der Waals surface area contributed by atoms with Crippen LogP contribution in [0.5, 0.6) is 0 Å². The van der Waals surface area contributed by atoms with E-state index in [2.05, 4.69) is 28.7 Å². The van der Waals surface area contributed by atoms with E-state index in [0.29, 0.717) is 13.0 Å². The zero-order valence-corrected chi connectivity index (χ0v) is 13.2. The zero-order chi connectivity index (χ0) is 13.3. The van der Waals surface area contributed by atoms with Gasteiger partial charge in [-0.3, -0.25) is 9.59 Å². The summed E-state index contributed by atoms with van der Waals surface area (Å²) < 4.78 is 1.08. The summed E-state index contributed by atoms with van der Waals surface area (Å²) in [7, 11) is 0. The SMILES string of the molecule is CC(=O)SC1CC(=O)N(c2ccc(C)cc2I)C1. The van der Waals surface area contributed by atoms with E-state index >= 15 is 0 Å². The van der Waals surface area contributed by atoms with Crippen LogP contribution < -0.4 is 4.90 Å². The number of rotatable bonds is 2. The molecular weight excluding hydrogens is 361 g/mol. The molecule has 18 heavy (non-hydrogen) atoms. The lowest BCUT2D eigenvalue weighted by atomic mass is 10.2. The summed E-state index contributed by atoms with van der Waals surface area (Å²) in [4.78, 5) is 24.9. The van der Waals surface area contributed by atoms with Gasteiger partial charge < -0.3 is 4.90 Å². The second-order valence-electron chi connectivity index (χ2n) is 4.39. The molecule has 1 fully saturated rings. The lowest BCUT2D eigenvalue weighted by molar-refractivity contribution is -0.117. The summed E-state index contributed by atoms with van der Waals surface area (Å²) in [6.07, 6.45) is 0.453. The normalized spacial score (nSPS) is 19.4. The first-order valence-corrected chi connectivity index (χ1v) is 7.67. The Morgan fingerprint density at radius 3 is 2.83 bits per heavy atom. The van der Waals surface area contributed by atoms with Gasteiger partial charge in [0.15, 0.2) is 5.12 Å². The van der Waals surface area contributed by atoms with Crippen LogP contribution in [0.1, 0.15) is 18.9 Å². The predicted molar refractivity (Wildman–Crippen MR) is 82.9 cm³/mol. The van der Waals surface area contributed by atoms with Crippen molar-refractivity contribution in [2.75, 3.05) is 11.4 Å². The van der Waals surface area contributed by atoms with Gasteiger partial charge in [-0.15, -0.1) is 0 Å². The number of hydrogen-bond acceptors (Lipinski definition) is 3. The third-order valence-corrected chi connectivity index (χ3v) is 4.66. The quantitative estimate of drug-likeness (QED) is 0.746. The van der Waals surface area contributed by atoms with Crippen LogP contribution in [-0.2, 0) is 9.59 Å². The average molecular weight is 375 g/mol. The molecule has 1 amide bonds. The highest BCUT2D eigenvalue weighted by Crippen LogP contribution is 2.31. The number of carbonyl (C=O) groups excluding carboxylic acids is 2. The Labute approximate surface area is 124 Å². The Bertz CT molecular complexity index is 504. The first-order valence-electron chi connectivity index (χ1n) is 5.71. The van der Waals surface area contributed by atoms with Crippen LogP contribution in [0.15, 0.2) is 18.2 Å². The minimum absolute atomic E-state index is 0.0771. The number of halogens is 1. The summed E-state index contributed by atoms with van der Waals surface area (Å²) >= 11 is 3.52. The molecule has 1 atom stereocenters. The molecule has 0 spiro atoms. The van der Waals surface area contributed by atoms with Crippen LogP contribution in [0, 0.1) is 10.5 Å². The van der Waals surface area contributed by atoms with Gasteiger partial charge in [-0.25, -0.2) is 0 Å². The van der Waals surface area contributed by atoms with Crippen molar-refractivity contribution in [3.8, 4) is 0 Å². The first kappa shape index (κ1) is 13.9. The maximum Gasteiger partial charge on any atom is 0.228 e. The van der Waals surface area contributed by atoms with Gasteiger partial charge in [0.1, 0.15) is 0 Å². The van der Waals surface area contributed by atoms with E-state index in [0.717, 1.165) is 9.26 Å². The van der Waals surface area contributed by atoms with Crippen LogP contribution >= 0.6 is 34.4 Å². The van der Waals surface area contributed by atoms with E-state index in [1.165, 1.54) is 17.3 Å². The standard InChI is InChI=1S/C13H14INO2S/c1-8-3-4-12(11(14)5-8)15-7-10(6-13(15)17)18-9(2)16/h3-5,10H,6-7H2,1-2H3. The maximum atomic E-state index is 12.0. The van der Waals surface area contributed by atoms with Gasteiger partial charge in [0.2, 0.25) is 5.91 Å². The van der Waals surface area contributed by atoms with Crippen molar-refractivity contribution in [3.05, 3.63) is 27.3 Å². The van der Waals surface area contributed by atoms with Gasteiger partial charge in [0, 0.05) is 28.7 Å². The fourth-order valence-electron chi connectivity index (χ4n) is 2.05. The summed E-state index contributed by atoms with van der Waals surface area (Å²) in [6, 6.07) is 6.06. The molecule has 1 aromatic carbocycles. The van der Waals surface area contributed by atoms with E-state index in [4.69, 9.17) is 0 Å². The van der Waals surface area contributed by atoms with Gasteiger partial charge in [0.05, 0.1) is 5.69 Å². The average Bonchev–Trinajstić information content (AvgIpc) is 2.58. The summed E-state index contributed by atoms with van der Waals surface area (Å²) in [5, 5.41) is 0.167. The molecule has 0 N–H and O–H groups in total. The van der Waals surface area contributed by atoms with Crippen LogP contribution in [-0.4, -0.2) is 22.8 Å². The third-order valence-electron chi connectivity index (χ3n) is 2.82. The molecule has 1 unspecified atom stereocenters. The molecule has 5 heteroatoms. The molecule has 1 aromatic rings. The topological polar surface area (TPSA) is 37.4 Å². The number of hydrogen-bond donors (Lipinski definition) is 0. The molecular formula is C13H14INO2S. The van der Waals surface area contributed by atoms with E-state index in [1.54, 1.807) is 11.8 Å². The van der Waals surface area contributed by atoms with Crippen LogP contribution in [0.2, 0.25) is 0 Å². The van der Waals surface area contributed by atoms with Crippen molar-refractivity contribution in [1.29, 1.82) is 0 Å². The van der Waals surface area contributed by atoms with Crippen molar-refractivity contribution in [2.45, 2.75) is 25.5 Å². The summed E-state index contributed by atoms with van der Waals surface area (Å²) in [6.45, 7) is 4.21. The zero-order valence-electron chi connectivity index (χ0n) is 10.3. The van der Waals surface area contributed by atoms with Crippen LogP contribution in [0.25, 0.3) is 0 Å². The molecule has 0 saturated carbocycles. The van der Waals surface area contributed by atoms with Gasteiger partial charge in [-0.2, -0.15) is 0 Å². The number of aryl methyl sites for hydroxylation is 1. The second-order valence-corrected chi connectivity index (χ2v) is 7.03. The number of anilines is 1. The van der Waals surface area contributed by atoms with Crippen molar-refractivity contribution in [1.82, 2.24) is 0 Å². The fraction of sp³-hybridized carbons (Fsp3) is 0.385. The van der Waals surface area contributed by atoms with E-state index in [-0.39, 0.29) is 16.3 Å². The van der Waals surface area contributed by atoms with Crippen LogP contribution in [0.4, 0.5) is 5.69 Å². The smallest absolute Gasteiger partial charge is 0.228 e. The van der Waals surface area contributed by atoms with Gasteiger partial charge in [-0.05, 0) is 47.2 Å². The highest BCUT2D eigenvalue weighted by molar-refractivity contribution is 14.1. The van der Waals surface area contributed by atoms with Crippen molar-refractivity contribution >= 4 is 51.1 Å². The van der Waals surface area contributed by atoms with Crippen molar-refractivity contribution in [3.63, 3.8) is 0 Å². The number of amides is 1. The Kier molecular flexibility index (Phi) is 4.32. The Morgan fingerprint density at radius 2 is 2.22 bits per heavy atom. The highest BCUT2D eigenvalue weighted by atomic mass is 127. The highest BCUT2D eigenvalue weighted by Gasteiger charge is 2.32. The van der Waals surface area contributed by atoms with E-state index in [1.807, 2.05) is 19.1 Å². The molecule has 1 aliphatic rings. The first-order chi connectivity index (χ1) is 8.47. The lowest BCUT2D eigenvalue weighted by Gasteiger charge is -2.18. The monoisotopic (exact) mass is 375 g/mol. The molecule has 0 radical (unpaired) electrons. The molecule has 0 bridgehead atoms. The van der Waals surface area contributed by atoms with Crippen molar-refractivity contribution < 1.29 is 9.59 Å². The summed E-state index contributed by atoms with van der Waals surface area (Å²) in [5.41, 5.74) is 2.14. The number of thioether (sulfide) groups is 1. The molecule has 2 rings (SSSR count). The van der Waals surface area contributed by atoms with Gasteiger partial charge in [0.25, 0.3) is 0 Å². The lowest BCUT2D eigenvalue weighted by Crippen LogP contribution is -2.25. The Morgan fingerprint density at radius 1 is 1.50 bits per heavy atom. The van der Waals surface area contributed by atoms with Crippen LogP contribution in [0.3, 0.4) is 0 Å². The molecule has 3 nitrogen and oxygen atoms in total. The van der Waals surface area contributed by atoms with Crippen molar-refractivity contribution in [2.24, 2.45) is 0 Å². The molecule has 0 aliphatic carbocycles. The molecule has 1 saturated heterocycles. The summed E-state index contributed by atoms with van der Waals surface area (Å²) in [5.74, 6) is 0.107. The molecule has 96 valence electrons. The predicted octanol–water partition coefficient (Wildman–Crippen LogP) is 2.98. The number of nitrogens with zero attached hydrogens (tertiary/aromatic N) is 1. The number of benzene rings is 1. The van der Waals surface area contributed by atoms with E-state index in [9.17, 15) is 9.59 Å². The third kappa shape index (κ3) is 3.06. The number of carbonyl (C=O) groups is 2. The van der Waals surface area contributed by atoms with Gasteiger partial charge >= 0.3 is 0 Å². The minimum Gasteiger partial charge on any atom is -0.310 e. The van der Waals surface area contributed by atoms with Gasteiger partial charge in [-0.1, -0.05) is 17.8 Å². The Hall–Kier alpha value is -0.560. The largest absolute Gasteiger partial charge is 0.310 e. The second kappa shape index (κ2) is 5.61. The molecule has 0 aromatic heterocycles. The molecule has 1 heterocycles. The molecule has 1 aliphatic heterocycles. The maximum absolute atomic E-state index is 12.0. The van der Waals surface area contributed by atoms with E-state index < -0.39 is 0 Å². The Balaban J connectivity index is 2.19. The fourth-order valence-corrected chi connectivity index (χ4v) is 3.93.